The first-order valence-corrected chi connectivity index (χ1v) is 6.74. The van der Waals surface area contributed by atoms with Crippen molar-refractivity contribution in [2.75, 3.05) is 25.5 Å². The van der Waals surface area contributed by atoms with Crippen LogP contribution in [0.1, 0.15) is 18.9 Å². The molecule has 1 aliphatic rings. The van der Waals surface area contributed by atoms with Crippen LogP contribution in [0.4, 0.5) is 5.69 Å². The monoisotopic (exact) mass is 263 g/mol. The van der Waals surface area contributed by atoms with E-state index in [1.807, 2.05) is 0 Å². The third kappa shape index (κ3) is 3.52. The molecular formula is C14H21N3O2. The number of ketones is 1. The lowest BCUT2D eigenvalue weighted by atomic mass is 9.93. The van der Waals surface area contributed by atoms with E-state index in [0.717, 1.165) is 18.5 Å². The second-order valence-electron chi connectivity index (χ2n) is 4.92. The zero-order valence-corrected chi connectivity index (χ0v) is 11.3. The molecule has 0 saturated carbocycles. The number of aromatic nitrogens is 1. The van der Waals surface area contributed by atoms with E-state index in [4.69, 9.17) is 10.5 Å². The molecule has 1 aromatic heterocycles. The van der Waals surface area contributed by atoms with Crippen molar-refractivity contribution in [3.63, 3.8) is 0 Å². The molecule has 0 spiro atoms. The van der Waals surface area contributed by atoms with Crippen molar-refractivity contribution in [1.82, 2.24) is 10.3 Å². The summed E-state index contributed by atoms with van der Waals surface area (Å²) in [5, 5.41) is 3.37. The summed E-state index contributed by atoms with van der Waals surface area (Å²) in [6, 6.07) is 1.85. The summed E-state index contributed by atoms with van der Waals surface area (Å²) < 4.78 is 5.43. The fourth-order valence-corrected chi connectivity index (χ4v) is 2.31. The Kier molecular flexibility index (Phi) is 4.87. The van der Waals surface area contributed by atoms with Crippen LogP contribution in [0.15, 0.2) is 18.5 Å². The SMILES string of the molecule is CCCNC1COCC1C(=O)Cc1cnccc1N. The quantitative estimate of drug-likeness (QED) is 0.793. The normalized spacial score (nSPS) is 22.6. The number of carbonyl (C=O) groups is 1. The number of Topliss-reactive ketones (excluding diaryl/α,β-unsaturated/α-hetero) is 1. The molecule has 3 N–H and O–H groups in total. The van der Waals surface area contributed by atoms with Crippen LogP contribution in [-0.4, -0.2) is 36.6 Å². The van der Waals surface area contributed by atoms with Gasteiger partial charge in [-0.05, 0) is 19.0 Å². The summed E-state index contributed by atoms with van der Waals surface area (Å²) in [4.78, 5) is 16.4. The molecule has 104 valence electrons. The van der Waals surface area contributed by atoms with Gasteiger partial charge in [0.2, 0.25) is 0 Å². The van der Waals surface area contributed by atoms with Gasteiger partial charge in [0, 0.05) is 36.1 Å². The van der Waals surface area contributed by atoms with E-state index in [9.17, 15) is 4.79 Å². The van der Waals surface area contributed by atoms with Gasteiger partial charge in [0.1, 0.15) is 5.78 Å². The maximum atomic E-state index is 12.3. The van der Waals surface area contributed by atoms with Gasteiger partial charge in [-0.25, -0.2) is 0 Å². The molecule has 0 bridgehead atoms. The molecule has 5 nitrogen and oxygen atoms in total. The van der Waals surface area contributed by atoms with Gasteiger partial charge in [0.15, 0.2) is 0 Å². The van der Waals surface area contributed by atoms with Crippen molar-refractivity contribution < 1.29 is 9.53 Å². The van der Waals surface area contributed by atoms with Crippen LogP contribution in [-0.2, 0) is 16.0 Å². The minimum absolute atomic E-state index is 0.0776. The predicted octanol–water partition coefficient (Wildman–Crippen LogP) is 0.790. The predicted molar refractivity (Wildman–Crippen MR) is 73.8 cm³/mol. The molecule has 0 amide bonds. The highest BCUT2D eigenvalue weighted by atomic mass is 16.5. The van der Waals surface area contributed by atoms with Gasteiger partial charge in [0.05, 0.1) is 19.1 Å². The van der Waals surface area contributed by atoms with E-state index in [0.29, 0.717) is 25.3 Å². The topological polar surface area (TPSA) is 77.2 Å². The first-order valence-electron chi connectivity index (χ1n) is 6.74. The second kappa shape index (κ2) is 6.63. The fraction of sp³-hybridized carbons (Fsp3) is 0.571. The first-order chi connectivity index (χ1) is 9.22. The van der Waals surface area contributed by atoms with Crippen LogP contribution >= 0.6 is 0 Å². The molecule has 0 aromatic carbocycles. The lowest BCUT2D eigenvalue weighted by Crippen LogP contribution is -2.40. The van der Waals surface area contributed by atoms with Crippen LogP contribution in [0.5, 0.6) is 0 Å². The highest BCUT2D eigenvalue weighted by Crippen LogP contribution is 2.19. The van der Waals surface area contributed by atoms with Crippen LogP contribution in [0.25, 0.3) is 0 Å². The van der Waals surface area contributed by atoms with Gasteiger partial charge in [0.25, 0.3) is 0 Å². The van der Waals surface area contributed by atoms with E-state index < -0.39 is 0 Å². The van der Waals surface area contributed by atoms with E-state index in [2.05, 4.69) is 17.2 Å². The molecule has 2 atom stereocenters. The molecular weight excluding hydrogens is 242 g/mol. The first kappa shape index (κ1) is 14.0. The number of nitrogens with zero attached hydrogens (tertiary/aromatic N) is 1. The number of rotatable bonds is 6. The molecule has 2 unspecified atom stereocenters. The molecule has 5 heteroatoms. The summed E-state index contributed by atoms with van der Waals surface area (Å²) in [7, 11) is 0. The minimum Gasteiger partial charge on any atom is -0.398 e. The Morgan fingerprint density at radius 2 is 2.42 bits per heavy atom. The smallest absolute Gasteiger partial charge is 0.144 e. The highest BCUT2D eigenvalue weighted by molar-refractivity contribution is 5.85. The summed E-state index contributed by atoms with van der Waals surface area (Å²) >= 11 is 0. The van der Waals surface area contributed by atoms with Crippen molar-refractivity contribution in [3.8, 4) is 0 Å². The van der Waals surface area contributed by atoms with E-state index in [1.54, 1.807) is 18.5 Å². The number of nitrogens with one attached hydrogen (secondary N) is 1. The Balaban J connectivity index is 1.97. The number of nitrogens with two attached hydrogens (primary N) is 1. The third-order valence-electron chi connectivity index (χ3n) is 3.46. The van der Waals surface area contributed by atoms with Gasteiger partial charge in [-0.1, -0.05) is 6.92 Å². The average molecular weight is 263 g/mol. The average Bonchev–Trinajstić information content (AvgIpc) is 2.87. The maximum absolute atomic E-state index is 12.3. The maximum Gasteiger partial charge on any atom is 0.144 e. The number of carbonyl (C=O) groups excluding carboxylic acids is 1. The zero-order valence-electron chi connectivity index (χ0n) is 11.3. The minimum atomic E-state index is -0.0776. The molecule has 0 radical (unpaired) electrons. The molecule has 1 fully saturated rings. The van der Waals surface area contributed by atoms with Crippen molar-refractivity contribution >= 4 is 11.5 Å². The van der Waals surface area contributed by atoms with E-state index in [-0.39, 0.29) is 17.7 Å². The van der Waals surface area contributed by atoms with Crippen molar-refractivity contribution in [3.05, 3.63) is 24.0 Å². The Hall–Kier alpha value is -1.46. The lowest BCUT2D eigenvalue weighted by molar-refractivity contribution is -0.122. The summed E-state index contributed by atoms with van der Waals surface area (Å²) in [6.45, 7) is 4.13. The van der Waals surface area contributed by atoms with Crippen LogP contribution < -0.4 is 11.1 Å². The number of hydrogen-bond donors (Lipinski definition) is 2. The standard InChI is InChI=1S/C14H21N3O2/c1-2-4-17-13-9-19-8-11(13)14(18)6-10-7-16-5-3-12(10)15/h3,5,7,11,13,17H,2,4,6,8-9H2,1H3,(H2,15,16). The number of nitrogen functional groups attached to an aromatic ring is 1. The van der Waals surface area contributed by atoms with Gasteiger partial charge in [-0.15, -0.1) is 0 Å². The Bertz CT molecular complexity index is 436. The fourth-order valence-electron chi connectivity index (χ4n) is 2.31. The molecule has 2 heterocycles. The highest BCUT2D eigenvalue weighted by Gasteiger charge is 2.33. The number of anilines is 1. The zero-order chi connectivity index (χ0) is 13.7. The van der Waals surface area contributed by atoms with Gasteiger partial charge >= 0.3 is 0 Å². The van der Waals surface area contributed by atoms with E-state index in [1.165, 1.54) is 0 Å². The molecule has 2 rings (SSSR count). The summed E-state index contributed by atoms with van der Waals surface area (Å²) in [6.07, 6.45) is 4.68. The molecule has 19 heavy (non-hydrogen) atoms. The molecule has 1 aromatic rings. The Labute approximate surface area is 113 Å². The second-order valence-corrected chi connectivity index (χ2v) is 4.92. The van der Waals surface area contributed by atoms with Gasteiger partial charge < -0.3 is 15.8 Å². The Morgan fingerprint density at radius 1 is 1.58 bits per heavy atom. The van der Waals surface area contributed by atoms with Crippen molar-refractivity contribution in [1.29, 1.82) is 0 Å². The number of pyridine rings is 1. The van der Waals surface area contributed by atoms with Crippen LogP contribution in [0.2, 0.25) is 0 Å². The third-order valence-corrected chi connectivity index (χ3v) is 3.46. The van der Waals surface area contributed by atoms with Crippen LogP contribution in [0.3, 0.4) is 0 Å². The largest absolute Gasteiger partial charge is 0.398 e. The Morgan fingerprint density at radius 3 is 3.16 bits per heavy atom. The summed E-state index contributed by atoms with van der Waals surface area (Å²) in [5.74, 6) is 0.0944. The summed E-state index contributed by atoms with van der Waals surface area (Å²) in [5.41, 5.74) is 7.27. The van der Waals surface area contributed by atoms with Gasteiger partial charge in [-0.3, -0.25) is 9.78 Å². The number of ether oxygens (including phenoxy) is 1. The van der Waals surface area contributed by atoms with E-state index >= 15 is 0 Å². The van der Waals surface area contributed by atoms with Crippen LogP contribution in [0, 0.1) is 5.92 Å². The van der Waals surface area contributed by atoms with Crippen molar-refractivity contribution in [2.45, 2.75) is 25.8 Å². The number of hydrogen-bond acceptors (Lipinski definition) is 5. The lowest BCUT2D eigenvalue weighted by Gasteiger charge is -2.18. The molecule has 0 aliphatic carbocycles. The van der Waals surface area contributed by atoms with Gasteiger partial charge in [-0.2, -0.15) is 0 Å². The molecule has 1 saturated heterocycles. The van der Waals surface area contributed by atoms with Crippen molar-refractivity contribution in [2.24, 2.45) is 5.92 Å². The molecule has 1 aliphatic heterocycles.